The summed E-state index contributed by atoms with van der Waals surface area (Å²) in [5.74, 6) is 1.02. The van der Waals surface area contributed by atoms with Crippen LogP contribution in [-0.4, -0.2) is 24.6 Å². The first-order valence-corrected chi connectivity index (χ1v) is 6.07. The Balaban J connectivity index is 2.01. The molecule has 1 saturated heterocycles. The van der Waals surface area contributed by atoms with Crippen LogP contribution < -0.4 is 10.6 Å². The van der Waals surface area contributed by atoms with E-state index in [1.807, 2.05) is 12.1 Å². The number of nitrogens with zero attached hydrogens (tertiary/aromatic N) is 2. The summed E-state index contributed by atoms with van der Waals surface area (Å²) in [5, 5.41) is 0.688. The van der Waals surface area contributed by atoms with Crippen molar-refractivity contribution in [2.75, 3.05) is 24.5 Å². The number of halogens is 1. The van der Waals surface area contributed by atoms with Gasteiger partial charge in [-0.2, -0.15) is 0 Å². The van der Waals surface area contributed by atoms with Crippen molar-refractivity contribution in [3.05, 3.63) is 23.4 Å². The maximum absolute atomic E-state index is 5.82. The molecule has 1 aliphatic heterocycles. The first kappa shape index (κ1) is 11.7. The second-order valence-corrected chi connectivity index (χ2v) is 5.27. The number of rotatable bonds is 2. The number of hydrogen-bond acceptors (Lipinski definition) is 3. The zero-order valence-corrected chi connectivity index (χ0v) is 10.4. The lowest BCUT2D eigenvalue weighted by atomic mass is 9.80. The minimum Gasteiger partial charge on any atom is -0.357 e. The van der Waals surface area contributed by atoms with E-state index in [4.69, 9.17) is 17.3 Å². The van der Waals surface area contributed by atoms with Crippen molar-refractivity contribution >= 4 is 17.4 Å². The molecule has 0 unspecified atom stereocenters. The van der Waals surface area contributed by atoms with E-state index in [1.165, 1.54) is 0 Å². The average Bonchev–Trinajstić information content (AvgIpc) is 2.32. The Labute approximate surface area is 102 Å². The Hall–Kier alpha value is -0.800. The molecule has 88 valence electrons. The number of anilines is 1. The molecule has 1 aromatic rings. The van der Waals surface area contributed by atoms with Crippen molar-refractivity contribution in [2.24, 2.45) is 11.1 Å². The molecule has 0 radical (unpaired) electrons. The van der Waals surface area contributed by atoms with Crippen LogP contribution in [0.15, 0.2) is 18.3 Å². The lowest BCUT2D eigenvalue weighted by Gasteiger charge is -2.39. The third-order valence-electron chi connectivity index (χ3n) is 3.50. The second kappa shape index (κ2) is 4.60. The van der Waals surface area contributed by atoms with Crippen molar-refractivity contribution in [3.63, 3.8) is 0 Å². The summed E-state index contributed by atoms with van der Waals surface area (Å²) in [5.41, 5.74) is 6.10. The van der Waals surface area contributed by atoms with Crippen molar-refractivity contribution in [1.29, 1.82) is 0 Å². The topological polar surface area (TPSA) is 42.1 Å². The van der Waals surface area contributed by atoms with E-state index in [0.29, 0.717) is 10.4 Å². The summed E-state index contributed by atoms with van der Waals surface area (Å²) in [4.78, 5) is 6.64. The molecule has 16 heavy (non-hydrogen) atoms. The summed E-state index contributed by atoms with van der Waals surface area (Å²) in [6.07, 6.45) is 3.97. The lowest BCUT2D eigenvalue weighted by molar-refractivity contribution is 0.258. The average molecular weight is 240 g/mol. The third kappa shape index (κ3) is 2.47. The molecular formula is C12H18ClN3. The van der Waals surface area contributed by atoms with E-state index >= 15 is 0 Å². The van der Waals surface area contributed by atoms with E-state index in [0.717, 1.165) is 38.3 Å². The van der Waals surface area contributed by atoms with E-state index in [1.54, 1.807) is 6.20 Å². The molecule has 1 aromatic heterocycles. The van der Waals surface area contributed by atoms with Crippen LogP contribution in [0.4, 0.5) is 5.82 Å². The molecule has 2 rings (SSSR count). The zero-order chi connectivity index (χ0) is 11.6. The van der Waals surface area contributed by atoms with Gasteiger partial charge in [0.15, 0.2) is 0 Å². The highest BCUT2D eigenvalue weighted by atomic mass is 35.5. The lowest BCUT2D eigenvalue weighted by Crippen LogP contribution is -2.42. The largest absolute Gasteiger partial charge is 0.357 e. The van der Waals surface area contributed by atoms with Crippen LogP contribution in [0.1, 0.15) is 19.8 Å². The molecule has 0 aliphatic carbocycles. The van der Waals surface area contributed by atoms with Gasteiger partial charge in [-0.05, 0) is 36.9 Å². The summed E-state index contributed by atoms with van der Waals surface area (Å²) >= 11 is 5.82. The molecule has 1 aliphatic rings. The highest BCUT2D eigenvalue weighted by molar-refractivity contribution is 6.30. The minimum atomic E-state index is 0.308. The number of piperidine rings is 1. The van der Waals surface area contributed by atoms with Gasteiger partial charge in [0.25, 0.3) is 0 Å². The molecule has 0 saturated carbocycles. The quantitative estimate of drug-likeness (QED) is 0.861. The maximum Gasteiger partial charge on any atom is 0.128 e. The van der Waals surface area contributed by atoms with Crippen LogP contribution >= 0.6 is 11.6 Å². The van der Waals surface area contributed by atoms with Crippen LogP contribution in [0.2, 0.25) is 5.02 Å². The second-order valence-electron chi connectivity index (χ2n) is 4.84. The summed E-state index contributed by atoms with van der Waals surface area (Å²) < 4.78 is 0. The fourth-order valence-corrected chi connectivity index (χ4v) is 2.15. The number of nitrogens with two attached hydrogens (primary N) is 1. The monoisotopic (exact) mass is 239 g/mol. The van der Waals surface area contributed by atoms with Gasteiger partial charge in [0.05, 0.1) is 5.02 Å². The van der Waals surface area contributed by atoms with Crippen LogP contribution in [0, 0.1) is 5.41 Å². The van der Waals surface area contributed by atoms with Crippen LogP contribution in [0.3, 0.4) is 0 Å². The molecule has 0 aromatic carbocycles. The van der Waals surface area contributed by atoms with Crippen molar-refractivity contribution in [3.8, 4) is 0 Å². The smallest absolute Gasteiger partial charge is 0.128 e. The predicted molar refractivity (Wildman–Crippen MR) is 67.9 cm³/mol. The molecule has 0 atom stereocenters. The molecule has 0 spiro atoms. The molecular weight excluding hydrogens is 222 g/mol. The summed E-state index contributed by atoms with van der Waals surface area (Å²) in [7, 11) is 0. The minimum absolute atomic E-state index is 0.308. The van der Waals surface area contributed by atoms with E-state index in [9.17, 15) is 0 Å². The highest BCUT2D eigenvalue weighted by Gasteiger charge is 2.28. The van der Waals surface area contributed by atoms with Crippen LogP contribution in [0.5, 0.6) is 0 Å². The predicted octanol–water partition coefficient (Wildman–Crippen LogP) is 2.30. The van der Waals surface area contributed by atoms with Crippen molar-refractivity contribution in [2.45, 2.75) is 19.8 Å². The standard InChI is InChI=1S/C12H18ClN3/c1-12(9-14)4-6-16(7-5-12)11-3-2-10(13)8-15-11/h2-3,8H,4-7,9,14H2,1H3. The number of aromatic nitrogens is 1. The third-order valence-corrected chi connectivity index (χ3v) is 3.72. The Kier molecular flexibility index (Phi) is 3.36. The SMILES string of the molecule is CC1(CN)CCN(c2ccc(Cl)cn2)CC1. The van der Waals surface area contributed by atoms with Gasteiger partial charge in [-0.25, -0.2) is 4.98 Å². The number of hydrogen-bond donors (Lipinski definition) is 1. The van der Waals surface area contributed by atoms with Gasteiger partial charge in [-0.15, -0.1) is 0 Å². The van der Waals surface area contributed by atoms with Gasteiger partial charge < -0.3 is 10.6 Å². The van der Waals surface area contributed by atoms with Gasteiger partial charge in [-0.1, -0.05) is 18.5 Å². The Morgan fingerprint density at radius 3 is 2.62 bits per heavy atom. The van der Waals surface area contributed by atoms with Gasteiger partial charge in [0, 0.05) is 19.3 Å². The van der Waals surface area contributed by atoms with Gasteiger partial charge in [0.1, 0.15) is 5.82 Å². The Morgan fingerprint density at radius 1 is 1.44 bits per heavy atom. The summed E-state index contributed by atoms with van der Waals surface area (Å²) in [6, 6.07) is 3.87. The molecule has 3 nitrogen and oxygen atoms in total. The zero-order valence-electron chi connectivity index (χ0n) is 9.62. The fraction of sp³-hybridized carbons (Fsp3) is 0.583. The molecule has 0 bridgehead atoms. The van der Waals surface area contributed by atoms with Crippen molar-refractivity contribution < 1.29 is 0 Å². The molecule has 1 fully saturated rings. The van der Waals surface area contributed by atoms with Crippen LogP contribution in [0.25, 0.3) is 0 Å². The van der Waals surface area contributed by atoms with E-state index in [-0.39, 0.29) is 0 Å². The Bertz CT molecular complexity index is 342. The molecule has 2 N–H and O–H groups in total. The molecule has 0 amide bonds. The van der Waals surface area contributed by atoms with Gasteiger partial charge in [0.2, 0.25) is 0 Å². The normalized spacial score (nSPS) is 19.8. The Morgan fingerprint density at radius 2 is 2.12 bits per heavy atom. The first-order valence-electron chi connectivity index (χ1n) is 5.70. The van der Waals surface area contributed by atoms with Gasteiger partial charge in [-0.3, -0.25) is 0 Å². The summed E-state index contributed by atoms with van der Waals surface area (Å²) in [6.45, 7) is 5.10. The van der Waals surface area contributed by atoms with Crippen molar-refractivity contribution in [1.82, 2.24) is 4.98 Å². The first-order chi connectivity index (χ1) is 7.63. The maximum atomic E-state index is 5.82. The van der Waals surface area contributed by atoms with E-state index in [2.05, 4.69) is 16.8 Å². The molecule has 2 heterocycles. The molecule has 4 heteroatoms. The highest BCUT2D eigenvalue weighted by Crippen LogP contribution is 2.31. The fourth-order valence-electron chi connectivity index (χ4n) is 2.03. The van der Waals surface area contributed by atoms with E-state index < -0.39 is 0 Å². The van der Waals surface area contributed by atoms with Gasteiger partial charge >= 0.3 is 0 Å². The number of pyridine rings is 1. The van der Waals surface area contributed by atoms with Crippen LogP contribution in [-0.2, 0) is 0 Å².